The number of hydrogen-bond acceptors (Lipinski definition) is 4. The number of hydrogen-bond donors (Lipinski definition) is 3. The molecule has 0 aromatic heterocycles. The van der Waals surface area contributed by atoms with Gasteiger partial charge in [-0.1, -0.05) is 6.07 Å². The second kappa shape index (κ2) is 7.15. The zero-order chi connectivity index (χ0) is 16.9. The largest absolute Gasteiger partial charge is 0.481 e. The van der Waals surface area contributed by atoms with Crippen molar-refractivity contribution in [3.63, 3.8) is 0 Å². The first-order valence-electron chi connectivity index (χ1n) is 7.13. The molecular weight excluding hydrogens is 284 g/mol. The normalized spacial score (nSPS) is 12.5. The maximum Gasteiger partial charge on any atom is 0.407 e. The molecule has 0 fully saturated rings. The predicted molar refractivity (Wildman–Crippen MR) is 84.7 cm³/mol. The van der Waals surface area contributed by atoms with Gasteiger partial charge in [-0.2, -0.15) is 0 Å². The molecule has 0 spiro atoms. The van der Waals surface area contributed by atoms with Crippen LogP contribution in [0.4, 0.5) is 10.5 Å². The summed E-state index contributed by atoms with van der Waals surface area (Å²) >= 11 is 0. The van der Waals surface area contributed by atoms with E-state index in [1.165, 1.54) is 0 Å². The number of carbonyl (C=O) groups is 2. The molecule has 0 saturated carbocycles. The number of benzene rings is 1. The van der Waals surface area contributed by atoms with Gasteiger partial charge in [0.05, 0.1) is 6.42 Å². The summed E-state index contributed by atoms with van der Waals surface area (Å²) in [5.41, 5.74) is 7.63. The first-order valence-corrected chi connectivity index (χ1v) is 7.13. The Morgan fingerprint density at radius 3 is 2.55 bits per heavy atom. The van der Waals surface area contributed by atoms with Gasteiger partial charge in [-0.05, 0) is 57.4 Å². The molecule has 4 N–H and O–H groups in total. The summed E-state index contributed by atoms with van der Waals surface area (Å²) in [5, 5.41) is 11.6. The molecular formula is C16H24N2O4. The van der Waals surface area contributed by atoms with Crippen molar-refractivity contribution in [1.29, 1.82) is 0 Å². The summed E-state index contributed by atoms with van der Waals surface area (Å²) in [6.07, 6.45) is -0.434. The molecule has 22 heavy (non-hydrogen) atoms. The lowest BCUT2D eigenvalue weighted by Gasteiger charge is -2.23. The predicted octanol–water partition coefficient (Wildman–Crippen LogP) is 2.49. The van der Waals surface area contributed by atoms with Crippen molar-refractivity contribution in [2.24, 2.45) is 0 Å². The van der Waals surface area contributed by atoms with Crippen LogP contribution in [0.1, 0.15) is 38.3 Å². The van der Waals surface area contributed by atoms with Gasteiger partial charge >= 0.3 is 12.1 Å². The first-order chi connectivity index (χ1) is 10.1. The fourth-order valence-electron chi connectivity index (χ4n) is 2.04. The molecule has 6 nitrogen and oxygen atoms in total. The van der Waals surface area contributed by atoms with Gasteiger partial charge in [-0.25, -0.2) is 4.79 Å². The molecule has 0 bridgehead atoms. The molecule has 0 aliphatic heterocycles. The van der Waals surface area contributed by atoms with Gasteiger partial charge in [-0.15, -0.1) is 0 Å². The number of carboxylic acids is 1. The number of nitrogen functional groups attached to an aromatic ring is 1. The highest BCUT2D eigenvalue weighted by Gasteiger charge is 2.22. The molecule has 0 radical (unpaired) electrons. The number of aryl methyl sites for hydroxylation is 1. The first kappa shape index (κ1) is 17.8. The van der Waals surface area contributed by atoms with E-state index in [0.29, 0.717) is 12.1 Å². The van der Waals surface area contributed by atoms with E-state index in [4.69, 9.17) is 15.6 Å². The lowest BCUT2D eigenvalue weighted by atomic mass is 9.98. The van der Waals surface area contributed by atoms with E-state index in [2.05, 4.69) is 5.32 Å². The van der Waals surface area contributed by atoms with Crippen LogP contribution < -0.4 is 11.1 Å². The van der Waals surface area contributed by atoms with Gasteiger partial charge in [0.25, 0.3) is 0 Å². The standard InChI is InChI=1S/C16H24N2O4/c1-10-5-6-12(17)7-11(10)8-13(9-14(19)20)18-15(21)22-16(2,3)4/h5-7,13H,8-9,17H2,1-4H3,(H,18,21)(H,19,20)/t13-/m0/s1. The minimum Gasteiger partial charge on any atom is -0.481 e. The van der Waals surface area contributed by atoms with Gasteiger partial charge in [0.15, 0.2) is 0 Å². The smallest absolute Gasteiger partial charge is 0.407 e. The summed E-state index contributed by atoms with van der Waals surface area (Å²) in [7, 11) is 0. The molecule has 6 heteroatoms. The Bertz CT molecular complexity index is 550. The van der Waals surface area contributed by atoms with E-state index < -0.39 is 23.7 Å². The average molecular weight is 308 g/mol. The minimum absolute atomic E-state index is 0.187. The number of carboxylic acid groups (broad SMARTS) is 1. The number of rotatable bonds is 5. The summed E-state index contributed by atoms with van der Waals surface area (Å²) < 4.78 is 5.17. The Kier molecular flexibility index (Phi) is 5.79. The summed E-state index contributed by atoms with van der Waals surface area (Å²) in [4.78, 5) is 22.8. The van der Waals surface area contributed by atoms with Gasteiger partial charge in [-0.3, -0.25) is 4.79 Å². The van der Waals surface area contributed by atoms with E-state index >= 15 is 0 Å². The molecule has 1 aromatic rings. The molecule has 0 saturated heterocycles. The van der Waals surface area contributed by atoms with E-state index in [9.17, 15) is 9.59 Å². The van der Waals surface area contributed by atoms with Gasteiger partial charge in [0.1, 0.15) is 5.60 Å². The van der Waals surface area contributed by atoms with E-state index in [-0.39, 0.29) is 6.42 Å². The second-order valence-corrected chi connectivity index (χ2v) is 6.33. The van der Waals surface area contributed by atoms with E-state index in [1.807, 2.05) is 13.0 Å². The van der Waals surface area contributed by atoms with Crippen LogP contribution in [0.25, 0.3) is 0 Å². The lowest BCUT2D eigenvalue weighted by molar-refractivity contribution is -0.137. The summed E-state index contributed by atoms with van der Waals surface area (Å²) in [5.74, 6) is -0.984. The van der Waals surface area contributed by atoms with Gasteiger partial charge in [0.2, 0.25) is 0 Å². The molecule has 0 aliphatic carbocycles. The fourth-order valence-corrected chi connectivity index (χ4v) is 2.04. The summed E-state index contributed by atoms with van der Waals surface area (Å²) in [6.45, 7) is 7.17. The summed E-state index contributed by atoms with van der Waals surface area (Å²) in [6, 6.07) is 4.89. The van der Waals surface area contributed by atoms with Gasteiger partial charge in [0, 0.05) is 11.7 Å². The number of nitrogens with two attached hydrogens (primary N) is 1. The monoisotopic (exact) mass is 308 g/mol. The molecule has 122 valence electrons. The van der Waals surface area contributed by atoms with Crippen LogP contribution in [0, 0.1) is 6.92 Å². The van der Waals surface area contributed by atoms with E-state index in [0.717, 1.165) is 11.1 Å². The van der Waals surface area contributed by atoms with Crippen molar-refractivity contribution in [3.05, 3.63) is 29.3 Å². The van der Waals surface area contributed by atoms with Crippen LogP contribution in [0.15, 0.2) is 18.2 Å². The Labute approximate surface area is 130 Å². The number of amides is 1. The fraction of sp³-hybridized carbons (Fsp3) is 0.500. The molecule has 1 aromatic carbocycles. The third-order valence-electron chi connectivity index (χ3n) is 2.98. The highest BCUT2D eigenvalue weighted by atomic mass is 16.6. The number of carbonyl (C=O) groups excluding carboxylic acids is 1. The zero-order valence-electron chi connectivity index (χ0n) is 13.5. The highest BCUT2D eigenvalue weighted by molar-refractivity contribution is 5.71. The molecule has 1 amide bonds. The van der Waals surface area contributed by atoms with Crippen molar-refractivity contribution in [3.8, 4) is 0 Å². The molecule has 1 atom stereocenters. The number of ether oxygens (including phenoxy) is 1. The lowest BCUT2D eigenvalue weighted by Crippen LogP contribution is -2.41. The zero-order valence-corrected chi connectivity index (χ0v) is 13.5. The Balaban J connectivity index is 2.82. The van der Waals surface area contributed by atoms with Crippen LogP contribution in [-0.4, -0.2) is 28.8 Å². The Morgan fingerprint density at radius 2 is 2.00 bits per heavy atom. The van der Waals surface area contributed by atoms with Gasteiger partial charge < -0.3 is 20.9 Å². The molecule has 0 heterocycles. The topological polar surface area (TPSA) is 102 Å². The SMILES string of the molecule is Cc1ccc(N)cc1C[C@@H](CC(=O)O)NC(=O)OC(C)(C)C. The van der Waals surface area contributed by atoms with Crippen LogP contribution in [0.2, 0.25) is 0 Å². The molecule has 0 unspecified atom stereocenters. The van der Waals surface area contributed by atoms with Crippen molar-refractivity contribution in [2.45, 2.75) is 52.2 Å². The number of alkyl carbamates (subject to hydrolysis) is 1. The minimum atomic E-state index is -0.984. The second-order valence-electron chi connectivity index (χ2n) is 6.33. The molecule has 0 aliphatic rings. The maximum atomic E-state index is 11.8. The quantitative estimate of drug-likeness (QED) is 0.725. The van der Waals surface area contributed by atoms with Crippen molar-refractivity contribution in [2.75, 3.05) is 5.73 Å². The van der Waals surface area contributed by atoms with Crippen LogP contribution in [0.5, 0.6) is 0 Å². The highest BCUT2D eigenvalue weighted by Crippen LogP contribution is 2.16. The van der Waals surface area contributed by atoms with Crippen molar-refractivity contribution < 1.29 is 19.4 Å². The molecule has 1 rings (SSSR count). The Morgan fingerprint density at radius 1 is 1.36 bits per heavy atom. The third-order valence-corrected chi connectivity index (χ3v) is 2.98. The number of aliphatic carboxylic acids is 1. The van der Waals surface area contributed by atoms with Crippen LogP contribution >= 0.6 is 0 Å². The number of anilines is 1. The van der Waals surface area contributed by atoms with Crippen molar-refractivity contribution >= 4 is 17.7 Å². The van der Waals surface area contributed by atoms with Crippen LogP contribution in [-0.2, 0) is 16.0 Å². The van der Waals surface area contributed by atoms with E-state index in [1.54, 1.807) is 32.9 Å². The van der Waals surface area contributed by atoms with Crippen molar-refractivity contribution in [1.82, 2.24) is 5.32 Å². The maximum absolute atomic E-state index is 11.8. The number of nitrogens with one attached hydrogen (secondary N) is 1. The third kappa shape index (κ3) is 6.47. The average Bonchev–Trinajstić information content (AvgIpc) is 2.30. The van der Waals surface area contributed by atoms with Crippen LogP contribution in [0.3, 0.4) is 0 Å². The Hall–Kier alpha value is -2.24.